The van der Waals surface area contributed by atoms with Crippen LogP contribution >= 0.6 is 0 Å². The van der Waals surface area contributed by atoms with Crippen LogP contribution in [0.4, 0.5) is 0 Å². The van der Waals surface area contributed by atoms with E-state index in [9.17, 15) is 15.3 Å². The molecule has 0 aromatic heterocycles. The summed E-state index contributed by atoms with van der Waals surface area (Å²) in [6.45, 7) is 2.61. The van der Waals surface area contributed by atoms with Crippen molar-refractivity contribution in [3.05, 3.63) is 29.8 Å². The Morgan fingerprint density at radius 2 is 1.37 bits per heavy atom. The molecule has 0 aliphatic heterocycles. The number of aromatic hydroxyl groups is 1. The zero-order valence-corrected chi connectivity index (χ0v) is 19.0. The molecule has 1 rings (SSSR count). The highest BCUT2D eigenvalue weighted by Crippen LogP contribution is 2.17. The summed E-state index contributed by atoms with van der Waals surface area (Å²) in [5.41, 5.74) is 6.64. The lowest BCUT2D eigenvalue weighted by Crippen LogP contribution is -2.45. The van der Waals surface area contributed by atoms with Gasteiger partial charge in [-0.1, -0.05) is 102 Å². The first-order chi connectivity index (χ1) is 14.6. The molecule has 5 heteroatoms. The number of aliphatic hydroxyl groups is 2. The minimum atomic E-state index is -0.998. The minimum absolute atomic E-state index is 0.130. The Morgan fingerprint density at radius 3 is 1.93 bits per heavy atom. The summed E-state index contributed by atoms with van der Waals surface area (Å²) in [6.07, 6.45) is 14.0. The molecule has 30 heavy (non-hydrogen) atoms. The summed E-state index contributed by atoms with van der Waals surface area (Å²) >= 11 is 0. The van der Waals surface area contributed by atoms with E-state index < -0.39 is 18.2 Å². The molecule has 0 radical (unpaired) electrons. The monoisotopic (exact) mass is 423 g/mol. The molecule has 0 aliphatic rings. The highest BCUT2D eigenvalue weighted by atomic mass is 16.5. The molecule has 0 heterocycles. The van der Waals surface area contributed by atoms with Gasteiger partial charge in [0.15, 0.2) is 0 Å². The van der Waals surface area contributed by atoms with Gasteiger partial charge >= 0.3 is 0 Å². The molecule has 0 saturated carbocycles. The third-order valence-electron chi connectivity index (χ3n) is 5.75. The standard InChI is InChI=1S/C25H45NO4/c1-2-3-4-5-6-7-8-9-10-11-12-13-18-24(28)25(29)22(26)20-30-19-21-16-14-15-17-23(21)27/h14-17,22,24-25,27-29H,2-13,18-20,26H2,1H3. The average Bonchev–Trinajstić information content (AvgIpc) is 2.75. The van der Waals surface area contributed by atoms with Gasteiger partial charge in [-0.2, -0.15) is 0 Å². The maximum Gasteiger partial charge on any atom is 0.121 e. The normalized spacial score (nSPS) is 14.5. The van der Waals surface area contributed by atoms with E-state index in [0.29, 0.717) is 12.0 Å². The first kappa shape index (κ1) is 26.9. The maximum atomic E-state index is 10.2. The van der Waals surface area contributed by atoms with Crippen molar-refractivity contribution in [3.8, 4) is 5.75 Å². The predicted octanol–water partition coefficient (Wildman–Crippen LogP) is 5.05. The fourth-order valence-corrected chi connectivity index (χ4v) is 3.69. The van der Waals surface area contributed by atoms with E-state index in [-0.39, 0.29) is 19.0 Å². The summed E-state index contributed by atoms with van der Waals surface area (Å²) < 4.78 is 5.49. The van der Waals surface area contributed by atoms with Crippen molar-refractivity contribution in [2.75, 3.05) is 6.61 Å². The molecule has 5 N–H and O–H groups in total. The molecular formula is C25H45NO4. The predicted molar refractivity (Wildman–Crippen MR) is 123 cm³/mol. The number of hydrogen-bond donors (Lipinski definition) is 4. The number of nitrogens with two attached hydrogens (primary N) is 1. The molecule has 1 aromatic carbocycles. The number of phenolic OH excluding ortho intramolecular Hbond substituents is 1. The lowest BCUT2D eigenvalue weighted by molar-refractivity contribution is -0.0245. The number of unbranched alkanes of at least 4 members (excludes halogenated alkanes) is 11. The highest BCUT2D eigenvalue weighted by Gasteiger charge is 2.23. The average molecular weight is 424 g/mol. The second-order valence-corrected chi connectivity index (χ2v) is 8.54. The van der Waals surface area contributed by atoms with E-state index in [0.717, 1.165) is 12.8 Å². The third-order valence-corrected chi connectivity index (χ3v) is 5.75. The van der Waals surface area contributed by atoms with Crippen molar-refractivity contribution in [2.24, 2.45) is 5.73 Å². The molecule has 5 nitrogen and oxygen atoms in total. The molecule has 0 aliphatic carbocycles. The van der Waals surface area contributed by atoms with Crippen LogP contribution in [0.25, 0.3) is 0 Å². The number of aliphatic hydroxyl groups excluding tert-OH is 2. The Bertz CT molecular complexity index is 526. The highest BCUT2D eigenvalue weighted by molar-refractivity contribution is 5.30. The summed E-state index contributed by atoms with van der Waals surface area (Å²) in [6, 6.07) is 6.31. The Labute approximate surface area is 183 Å². The number of phenols is 1. The number of rotatable bonds is 19. The van der Waals surface area contributed by atoms with Gasteiger partial charge in [-0.15, -0.1) is 0 Å². The van der Waals surface area contributed by atoms with Crippen LogP contribution in [-0.2, 0) is 11.3 Å². The topological polar surface area (TPSA) is 95.9 Å². The summed E-state index contributed by atoms with van der Waals surface area (Å²) in [7, 11) is 0. The van der Waals surface area contributed by atoms with E-state index >= 15 is 0 Å². The zero-order chi connectivity index (χ0) is 22.0. The van der Waals surface area contributed by atoms with Crippen molar-refractivity contribution >= 4 is 0 Å². The number of para-hydroxylation sites is 1. The van der Waals surface area contributed by atoms with Gasteiger partial charge in [0.1, 0.15) is 5.75 Å². The molecular weight excluding hydrogens is 378 g/mol. The Balaban J connectivity index is 2.00. The van der Waals surface area contributed by atoms with Crippen molar-refractivity contribution < 1.29 is 20.1 Å². The van der Waals surface area contributed by atoms with Gasteiger partial charge in [0.05, 0.1) is 31.5 Å². The molecule has 174 valence electrons. The van der Waals surface area contributed by atoms with Gasteiger partial charge in [0, 0.05) is 5.56 Å². The van der Waals surface area contributed by atoms with Crippen LogP contribution in [0.15, 0.2) is 24.3 Å². The van der Waals surface area contributed by atoms with Gasteiger partial charge in [0.25, 0.3) is 0 Å². The fraction of sp³-hybridized carbons (Fsp3) is 0.760. The van der Waals surface area contributed by atoms with Crippen LogP contribution in [0.5, 0.6) is 5.75 Å². The Kier molecular flexibility index (Phi) is 15.7. The third kappa shape index (κ3) is 12.5. The second-order valence-electron chi connectivity index (χ2n) is 8.54. The summed E-state index contributed by atoms with van der Waals surface area (Å²) in [4.78, 5) is 0. The van der Waals surface area contributed by atoms with E-state index in [4.69, 9.17) is 10.5 Å². The lowest BCUT2D eigenvalue weighted by Gasteiger charge is -2.23. The summed E-state index contributed by atoms with van der Waals surface area (Å²) in [5, 5.41) is 30.1. The van der Waals surface area contributed by atoms with E-state index in [1.165, 1.54) is 64.2 Å². The van der Waals surface area contributed by atoms with E-state index in [2.05, 4.69) is 6.92 Å². The van der Waals surface area contributed by atoms with E-state index in [1.807, 2.05) is 6.07 Å². The van der Waals surface area contributed by atoms with Gasteiger partial charge in [0.2, 0.25) is 0 Å². The molecule has 0 fully saturated rings. The van der Waals surface area contributed by atoms with Crippen molar-refractivity contribution in [1.29, 1.82) is 0 Å². The molecule has 3 atom stereocenters. The number of ether oxygens (including phenoxy) is 1. The van der Waals surface area contributed by atoms with Crippen molar-refractivity contribution in [2.45, 2.75) is 115 Å². The molecule has 0 amide bonds. The minimum Gasteiger partial charge on any atom is -0.508 e. The first-order valence-electron chi connectivity index (χ1n) is 12.0. The summed E-state index contributed by atoms with van der Waals surface area (Å²) in [5.74, 6) is 0.179. The second kappa shape index (κ2) is 17.5. The van der Waals surface area contributed by atoms with Gasteiger partial charge in [-0.3, -0.25) is 0 Å². The van der Waals surface area contributed by atoms with Gasteiger partial charge in [-0.25, -0.2) is 0 Å². The molecule has 3 unspecified atom stereocenters. The van der Waals surface area contributed by atoms with Crippen LogP contribution in [0.1, 0.15) is 96.0 Å². The SMILES string of the molecule is CCCCCCCCCCCCCCC(O)C(O)C(N)COCc1ccccc1O. The molecule has 0 spiro atoms. The molecule has 1 aromatic rings. The quantitative estimate of drug-likeness (QED) is 0.234. The molecule has 0 saturated heterocycles. The lowest BCUT2D eigenvalue weighted by atomic mass is 10.00. The largest absolute Gasteiger partial charge is 0.508 e. The number of benzene rings is 1. The van der Waals surface area contributed by atoms with Crippen LogP contribution in [0.2, 0.25) is 0 Å². The van der Waals surface area contributed by atoms with Crippen LogP contribution < -0.4 is 5.73 Å². The fourth-order valence-electron chi connectivity index (χ4n) is 3.69. The Morgan fingerprint density at radius 1 is 0.833 bits per heavy atom. The van der Waals surface area contributed by atoms with Crippen LogP contribution in [-0.4, -0.2) is 40.2 Å². The van der Waals surface area contributed by atoms with Crippen LogP contribution in [0, 0.1) is 0 Å². The van der Waals surface area contributed by atoms with Gasteiger partial charge in [-0.05, 0) is 12.5 Å². The molecule has 0 bridgehead atoms. The van der Waals surface area contributed by atoms with Gasteiger partial charge < -0.3 is 25.8 Å². The zero-order valence-electron chi connectivity index (χ0n) is 19.0. The van der Waals surface area contributed by atoms with Crippen LogP contribution in [0.3, 0.4) is 0 Å². The smallest absolute Gasteiger partial charge is 0.121 e. The Hall–Kier alpha value is -1.14. The maximum absolute atomic E-state index is 10.2. The first-order valence-corrected chi connectivity index (χ1v) is 12.0. The van der Waals surface area contributed by atoms with Crippen molar-refractivity contribution in [3.63, 3.8) is 0 Å². The number of hydrogen-bond acceptors (Lipinski definition) is 5. The van der Waals surface area contributed by atoms with E-state index in [1.54, 1.807) is 18.2 Å². The van der Waals surface area contributed by atoms with Crippen molar-refractivity contribution in [1.82, 2.24) is 0 Å².